The number of nitrogens with zero attached hydrogens (tertiary/aromatic N) is 1. The highest BCUT2D eigenvalue weighted by molar-refractivity contribution is 9.09. The van der Waals surface area contributed by atoms with Crippen LogP contribution in [0.5, 0.6) is 0 Å². The van der Waals surface area contributed by atoms with Crippen LogP contribution in [0.25, 0.3) is 0 Å². The third kappa shape index (κ3) is 2.02. The minimum atomic E-state index is 0.762. The van der Waals surface area contributed by atoms with Crippen LogP contribution in [0, 0.1) is 5.92 Å². The summed E-state index contributed by atoms with van der Waals surface area (Å²) < 4.78 is 0. The molecule has 1 nitrogen and oxygen atoms in total. The second kappa shape index (κ2) is 4.61. The molecule has 0 amide bonds. The van der Waals surface area contributed by atoms with Crippen molar-refractivity contribution in [3.63, 3.8) is 0 Å². The van der Waals surface area contributed by atoms with Crippen molar-refractivity contribution in [1.29, 1.82) is 0 Å². The molecule has 1 heterocycles. The second-order valence-corrected chi connectivity index (χ2v) is 4.63. The zero-order valence-corrected chi connectivity index (χ0v) is 9.97. The number of rotatable bonds is 3. The number of likely N-dealkylation sites (tertiary alicyclic amines) is 1. The van der Waals surface area contributed by atoms with E-state index in [9.17, 15) is 0 Å². The summed E-state index contributed by atoms with van der Waals surface area (Å²) in [5, 5.41) is 1.14. The van der Waals surface area contributed by atoms with Gasteiger partial charge in [-0.15, -0.1) is 0 Å². The molecule has 72 valence electrons. The molecule has 1 aliphatic rings. The van der Waals surface area contributed by atoms with Crippen molar-refractivity contribution in [2.24, 2.45) is 5.92 Å². The Morgan fingerprint density at radius 1 is 1.58 bits per heavy atom. The van der Waals surface area contributed by atoms with E-state index in [2.05, 4.69) is 41.6 Å². The molecule has 3 unspecified atom stereocenters. The Labute approximate surface area is 84.6 Å². The smallest absolute Gasteiger partial charge is 0.0221 e. The number of hydrogen-bond donors (Lipinski definition) is 0. The minimum absolute atomic E-state index is 0.762. The van der Waals surface area contributed by atoms with Crippen LogP contribution in [0.4, 0.5) is 0 Å². The van der Waals surface area contributed by atoms with Crippen LogP contribution in [0.15, 0.2) is 0 Å². The van der Waals surface area contributed by atoms with Gasteiger partial charge in [-0.25, -0.2) is 0 Å². The molecular formula is C10H20BrN. The summed E-state index contributed by atoms with van der Waals surface area (Å²) >= 11 is 3.61. The van der Waals surface area contributed by atoms with E-state index in [0.29, 0.717) is 0 Å². The molecular weight excluding hydrogens is 214 g/mol. The lowest BCUT2D eigenvalue weighted by Crippen LogP contribution is -2.39. The van der Waals surface area contributed by atoms with Gasteiger partial charge >= 0.3 is 0 Å². The van der Waals surface area contributed by atoms with Crippen molar-refractivity contribution in [3.8, 4) is 0 Å². The zero-order chi connectivity index (χ0) is 9.14. The Bertz CT molecular complexity index is 138. The lowest BCUT2D eigenvalue weighted by atomic mass is 10.0. The van der Waals surface area contributed by atoms with E-state index < -0.39 is 0 Å². The third-order valence-corrected chi connectivity index (χ3v) is 3.90. The average Bonchev–Trinajstić information content (AvgIpc) is 2.45. The average molecular weight is 234 g/mol. The molecule has 2 heteroatoms. The van der Waals surface area contributed by atoms with Gasteiger partial charge in [0.25, 0.3) is 0 Å². The molecule has 0 aromatic heterocycles. The van der Waals surface area contributed by atoms with Gasteiger partial charge in [-0.1, -0.05) is 29.8 Å². The Balaban J connectivity index is 2.53. The lowest BCUT2D eigenvalue weighted by Gasteiger charge is -2.30. The maximum absolute atomic E-state index is 3.61. The normalized spacial score (nSPS) is 34.0. The van der Waals surface area contributed by atoms with Crippen molar-refractivity contribution < 1.29 is 0 Å². The quantitative estimate of drug-likeness (QED) is 0.679. The van der Waals surface area contributed by atoms with E-state index >= 15 is 0 Å². The fraction of sp³-hybridized carbons (Fsp3) is 1.00. The van der Waals surface area contributed by atoms with Gasteiger partial charge in [-0.3, -0.25) is 4.90 Å². The highest BCUT2D eigenvalue weighted by Crippen LogP contribution is 2.27. The molecule has 0 aromatic rings. The van der Waals surface area contributed by atoms with Crippen LogP contribution in [0.2, 0.25) is 0 Å². The topological polar surface area (TPSA) is 3.24 Å². The van der Waals surface area contributed by atoms with Crippen LogP contribution in [-0.4, -0.2) is 28.9 Å². The Hall–Kier alpha value is 0.440. The number of hydrogen-bond acceptors (Lipinski definition) is 1. The maximum atomic E-state index is 3.61. The predicted octanol–water partition coefficient (Wildman–Crippen LogP) is 2.89. The van der Waals surface area contributed by atoms with Crippen LogP contribution in [0.3, 0.4) is 0 Å². The lowest BCUT2D eigenvalue weighted by molar-refractivity contribution is 0.187. The summed E-state index contributed by atoms with van der Waals surface area (Å²) in [6.45, 7) is 8.29. The van der Waals surface area contributed by atoms with Gasteiger partial charge in [0.1, 0.15) is 0 Å². The first-order chi connectivity index (χ1) is 5.70. The van der Waals surface area contributed by atoms with Crippen molar-refractivity contribution >= 4 is 15.9 Å². The van der Waals surface area contributed by atoms with Gasteiger partial charge in [0.15, 0.2) is 0 Å². The largest absolute Gasteiger partial charge is 0.297 e. The highest BCUT2D eigenvalue weighted by atomic mass is 79.9. The predicted molar refractivity (Wildman–Crippen MR) is 57.8 cm³/mol. The minimum Gasteiger partial charge on any atom is -0.297 e. The Morgan fingerprint density at radius 3 is 2.75 bits per heavy atom. The maximum Gasteiger partial charge on any atom is 0.0221 e. The van der Waals surface area contributed by atoms with E-state index in [1.165, 1.54) is 19.4 Å². The van der Waals surface area contributed by atoms with E-state index in [1.54, 1.807) is 0 Å². The third-order valence-electron chi connectivity index (χ3n) is 3.24. The Kier molecular flexibility index (Phi) is 4.04. The first-order valence-electron chi connectivity index (χ1n) is 5.02. The summed E-state index contributed by atoms with van der Waals surface area (Å²) in [6.07, 6.45) is 2.65. The zero-order valence-electron chi connectivity index (χ0n) is 8.39. The Morgan fingerprint density at radius 2 is 2.25 bits per heavy atom. The van der Waals surface area contributed by atoms with Gasteiger partial charge in [0.05, 0.1) is 0 Å². The summed E-state index contributed by atoms with van der Waals surface area (Å²) in [5.41, 5.74) is 0. The standard InChI is InChI=1S/C10H20BrN/c1-4-9(3)12-6-5-8(2)10(12)7-11/h8-10H,4-7H2,1-3H3. The van der Waals surface area contributed by atoms with Gasteiger partial charge in [-0.2, -0.15) is 0 Å². The van der Waals surface area contributed by atoms with E-state index in [-0.39, 0.29) is 0 Å². The van der Waals surface area contributed by atoms with Crippen molar-refractivity contribution in [2.75, 3.05) is 11.9 Å². The molecule has 0 aliphatic carbocycles. The number of halogens is 1. The van der Waals surface area contributed by atoms with E-state index in [4.69, 9.17) is 0 Å². The highest BCUT2D eigenvalue weighted by Gasteiger charge is 2.32. The van der Waals surface area contributed by atoms with E-state index in [0.717, 1.165) is 23.3 Å². The van der Waals surface area contributed by atoms with Crippen LogP contribution in [-0.2, 0) is 0 Å². The molecule has 0 aromatic carbocycles. The summed E-state index contributed by atoms with van der Waals surface area (Å²) in [6, 6.07) is 1.54. The first-order valence-corrected chi connectivity index (χ1v) is 6.14. The molecule has 0 N–H and O–H groups in total. The van der Waals surface area contributed by atoms with Gasteiger partial charge in [0, 0.05) is 17.4 Å². The van der Waals surface area contributed by atoms with Gasteiger partial charge in [-0.05, 0) is 32.2 Å². The molecule has 1 rings (SSSR count). The molecule has 1 aliphatic heterocycles. The van der Waals surface area contributed by atoms with E-state index in [1.807, 2.05) is 0 Å². The summed E-state index contributed by atoms with van der Waals surface area (Å²) in [7, 11) is 0. The summed E-state index contributed by atoms with van der Waals surface area (Å²) in [4.78, 5) is 2.65. The first kappa shape index (κ1) is 10.5. The second-order valence-electron chi connectivity index (χ2n) is 3.98. The van der Waals surface area contributed by atoms with Crippen LogP contribution < -0.4 is 0 Å². The van der Waals surface area contributed by atoms with Gasteiger partial charge < -0.3 is 0 Å². The fourth-order valence-electron chi connectivity index (χ4n) is 2.06. The fourth-order valence-corrected chi connectivity index (χ4v) is 3.07. The SMILES string of the molecule is CCC(C)N1CCC(C)C1CBr. The number of alkyl halides is 1. The molecule has 1 fully saturated rings. The van der Waals surface area contributed by atoms with Crippen molar-refractivity contribution in [1.82, 2.24) is 4.90 Å². The summed E-state index contributed by atoms with van der Waals surface area (Å²) in [5.74, 6) is 0.873. The monoisotopic (exact) mass is 233 g/mol. The molecule has 3 atom stereocenters. The molecule has 0 saturated carbocycles. The molecule has 0 spiro atoms. The van der Waals surface area contributed by atoms with Crippen LogP contribution in [0.1, 0.15) is 33.6 Å². The molecule has 1 saturated heterocycles. The molecule has 0 radical (unpaired) electrons. The van der Waals surface area contributed by atoms with Gasteiger partial charge in [0.2, 0.25) is 0 Å². The van der Waals surface area contributed by atoms with Crippen molar-refractivity contribution in [2.45, 2.75) is 45.7 Å². The molecule has 12 heavy (non-hydrogen) atoms. The molecule has 0 bridgehead atoms. The van der Waals surface area contributed by atoms with Crippen molar-refractivity contribution in [3.05, 3.63) is 0 Å². The van der Waals surface area contributed by atoms with Crippen LogP contribution >= 0.6 is 15.9 Å².